The first-order valence-corrected chi connectivity index (χ1v) is 7.44. The van der Waals surface area contributed by atoms with E-state index in [0.717, 1.165) is 17.7 Å². The van der Waals surface area contributed by atoms with Crippen molar-refractivity contribution in [1.82, 2.24) is 5.32 Å². The fourth-order valence-corrected chi connectivity index (χ4v) is 2.44. The third kappa shape index (κ3) is 4.82. The first-order valence-electron chi connectivity index (χ1n) is 7.44. The minimum Gasteiger partial charge on any atom is -0.480 e. The molecule has 1 atom stereocenters. The summed E-state index contributed by atoms with van der Waals surface area (Å²) < 4.78 is 39.0. The molecule has 132 valence electrons. The van der Waals surface area contributed by atoms with E-state index in [1.54, 1.807) is 18.2 Å². The number of benzene rings is 2. The summed E-state index contributed by atoms with van der Waals surface area (Å²) in [6.45, 7) is 1.83. The van der Waals surface area contributed by atoms with Crippen LogP contribution in [0.25, 0.3) is 0 Å². The number of carboxylic acid groups (broad SMARTS) is 1. The zero-order valence-corrected chi connectivity index (χ0v) is 13.3. The summed E-state index contributed by atoms with van der Waals surface area (Å²) in [5.41, 5.74) is -0.134. The number of carbonyl (C=O) groups is 2. The maximum absolute atomic E-state index is 13.0. The predicted octanol–water partition coefficient (Wildman–Crippen LogP) is 3.44. The molecule has 0 saturated carbocycles. The summed E-state index contributed by atoms with van der Waals surface area (Å²) in [6.07, 6.45) is -4.74. The smallest absolute Gasteiger partial charge is 0.417 e. The number of carbonyl (C=O) groups excluding carboxylic acids is 1. The monoisotopic (exact) mass is 351 g/mol. The largest absolute Gasteiger partial charge is 0.480 e. The molecule has 1 amide bonds. The van der Waals surface area contributed by atoms with E-state index >= 15 is 0 Å². The first kappa shape index (κ1) is 18.5. The Balaban J connectivity index is 2.23. The van der Waals surface area contributed by atoms with E-state index < -0.39 is 35.2 Å². The lowest BCUT2D eigenvalue weighted by Crippen LogP contribution is -2.42. The van der Waals surface area contributed by atoms with Gasteiger partial charge in [-0.05, 0) is 24.6 Å². The Bertz CT molecular complexity index is 787. The molecular formula is C18H16F3NO3. The SMILES string of the molecule is Cc1cccc(C[C@H](NC(=O)c2ccccc2C(F)(F)F)C(=O)O)c1. The molecule has 25 heavy (non-hydrogen) atoms. The van der Waals surface area contributed by atoms with Crippen molar-refractivity contribution >= 4 is 11.9 Å². The van der Waals surface area contributed by atoms with Crippen LogP contribution in [0.5, 0.6) is 0 Å². The van der Waals surface area contributed by atoms with Crippen molar-refractivity contribution in [3.63, 3.8) is 0 Å². The molecule has 0 aliphatic carbocycles. The van der Waals surface area contributed by atoms with E-state index in [1.807, 2.05) is 13.0 Å². The number of aliphatic carboxylic acids is 1. The van der Waals surface area contributed by atoms with Crippen molar-refractivity contribution in [1.29, 1.82) is 0 Å². The van der Waals surface area contributed by atoms with Crippen LogP contribution in [-0.4, -0.2) is 23.0 Å². The zero-order valence-electron chi connectivity index (χ0n) is 13.3. The summed E-state index contributed by atoms with van der Waals surface area (Å²) in [5, 5.41) is 11.5. The standard InChI is InChI=1S/C18H16F3NO3/c1-11-5-4-6-12(9-11)10-15(17(24)25)22-16(23)13-7-2-3-8-14(13)18(19,20)21/h2-9,15H,10H2,1H3,(H,22,23)(H,24,25)/t15-/m0/s1. The quantitative estimate of drug-likeness (QED) is 0.867. The number of nitrogens with one attached hydrogen (secondary N) is 1. The Labute approximate surface area is 142 Å². The maximum atomic E-state index is 13.0. The summed E-state index contributed by atoms with van der Waals surface area (Å²) in [6, 6.07) is 9.94. The normalized spacial score (nSPS) is 12.5. The summed E-state index contributed by atoms with van der Waals surface area (Å²) >= 11 is 0. The molecule has 0 fully saturated rings. The topological polar surface area (TPSA) is 66.4 Å². The Hall–Kier alpha value is -2.83. The molecule has 7 heteroatoms. The van der Waals surface area contributed by atoms with Crippen LogP contribution < -0.4 is 5.32 Å². The molecule has 0 bridgehead atoms. The molecule has 2 rings (SSSR count). The summed E-state index contributed by atoms with van der Waals surface area (Å²) in [4.78, 5) is 23.6. The lowest BCUT2D eigenvalue weighted by Gasteiger charge is -2.17. The van der Waals surface area contributed by atoms with Crippen LogP contribution in [0.15, 0.2) is 48.5 Å². The van der Waals surface area contributed by atoms with E-state index in [0.29, 0.717) is 5.56 Å². The van der Waals surface area contributed by atoms with Crippen LogP contribution in [0.3, 0.4) is 0 Å². The highest BCUT2D eigenvalue weighted by Crippen LogP contribution is 2.31. The second kappa shape index (κ2) is 7.38. The number of hydrogen-bond acceptors (Lipinski definition) is 2. The van der Waals surface area contributed by atoms with Gasteiger partial charge in [-0.1, -0.05) is 42.0 Å². The van der Waals surface area contributed by atoms with Gasteiger partial charge in [-0.15, -0.1) is 0 Å². The fourth-order valence-electron chi connectivity index (χ4n) is 2.44. The average molecular weight is 351 g/mol. The van der Waals surface area contributed by atoms with Crippen molar-refractivity contribution < 1.29 is 27.9 Å². The third-order valence-corrected chi connectivity index (χ3v) is 3.60. The Kier molecular flexibility index (Phi) is 5.46. The van der Waals surface area contributed by atoms with Gasteiger partial charge in [0.25, 0.3) is 5.91 Å². The van der Waals surface area contributed by atoms with Crippen LogP contribution in [0.1, 0.15) is 27.0 Å². The van der Waals surface area contributed by atoms with Gasteiger partial charge in [-0.2, -0.15) is 13.2 Å². The molecule has 2 aromatic carbocycles. The van der Waals surface area contributed by atoms with Gasteiger partial charge in [0.1, 0.15) is 6.04 Å². The number of aryl methyl sites for hydroxylation is 1. The van der Waals surface area contributed by atoms with Gasteiger partial charge in [0, 0.05) is 6.42 Å². The van der Waals surface area contributed by atoms with Crippen LogP contribution in [0.2, 0.25) is 0 Å². The molecular weight excluding hydrogens is 335 g/mol. The lowest BCUT2D eigenvalue weighted by atomic mass is 10.0. The molecule has 2 aromatic rings. The van der Waals surface area contributed by atoms with Crippen LogP contribution >= 0.6 is 0 Å². The van der Waals surface area contributed by atoms with Gasteiger partial charge in [-0.25, -0.2) is 4.79 Å². The molecule has 0 heterocycles. The van der Waals surface area contributed by atoms with Crippen LogP contribution in [-0.2, 0) is 17.4 Å². The van der Waals surface area contributed by atoms with Gasteiger partial charge in [0.2, 0.25) is 0 Å². The van der Waals surface area contributed by atoms with Gasteiger partial charge >= 0.3 is 12.1 Å². The van der Waals surface area contributed by atoms with Crippen molar-refractivity contribution in [2.45, 2.75) is 25.6 Å². The van der Waals surface area contributed by atoms with E-state index in [9.17, 15) is 27.9 Å². The van der Waals surface area contributed by atoms with E-state index in [-0.39, 0.29) is 6.42 Å². The zero-order chi connectivity index (χ0) is 18.6. The second-order valence-corrected chi connectivity index (χ2v) is 5.60. The van der Waals surface area contributed by atoms with Gasteiger partial charge in [0.05, 0.1) is 11.1 Å². The van der Waals surface area contributed by atoms with E-state index in [4.69, 9.17) is 0 Å². The molecule has 0 aromatic heterocycles. The first-order chi connectivity index (χ1) is 11.7. The van der Waals surface area contributed by atoms with Crippen molar-refractivity contribution in [2.24, 2.45) is 0 Å². The van der Waals surface area contributed by atoms with Gasteiger partial charge in [-0.3, -0.25) is 4.79 Å². The maximum Gasteiger partial charge on any atom is 0.417 e. The molecule has 0 aliphatic heterocycles. The van der Waals surface area contributed by atoms with Gasteiger partial charge in [0.15, 0.2) is 0 Å². The van der Waals surface area contributed by atoms with E-state index in [2.05, 4.69) is 5.32 Å². The Morgan fingerprint density at radius 1 is 1.12 bits per heavy atom. The third-order valence-electron chi connectivity index (χ3n) is 3.60. The molecule has 4 nitrogen and oxygen atoms in total. The number of carboxylic acids is 1. The van der Waals surface area contributed by atoms with E-state index in [1.165, 1.54) is 12.1 Å². The predicted molar refractivity (Wildman–Crippen MR) is 85.2 cm³/mol. The highest BCUT2D eigenvalue weighted by atomic mass is 19.4. The molecule has 0 aliphatic rings. The molecule has 0 saturated heterocycles. The highest BCUT2D eigenvalue weighted by Gasteiger charge is 2.35. The van der Waals surface area contributed by atoms with Crippen molar-refractivity contribution in [2.75, 3.05) is 0 Å². The molecule has 0 spiro atoms. The Morgan fingerprint density at radius 2 is 1.80 bits per heavy atom. The lowest BCUT2D eigenvalue weighted by molar-refractivity contribution is -0.139. The minimum atomic E-state index is -4.71. The number of halogens is 3. The summed E-state index contributed by atoms with van der Waals surface area (Å²) in [7, 11) is 0. The Morgan fingerprint density at radius 3 is 2.40 bits per heavy atom. The molecule has 0 radical (unpaired) electrons. The van der Waals surface area contributed by atoms with Crippen molar-refractivity contribution in [3.8, 4) is 0 Å². The minimum absolute atomic E-state index is 0.0308. The number of amides is 1. The fraction of sp³-hybridized carbons (Fsp3) is 0.222. The number of alkyl halides is 3. The molecule has 0 unspecified atom stereocenters. The van der Waals surface area contributed by atoms with Crippen molar-refractivity contribution in [3.05, 3.63) is 70.8 Å². The second-order valence-electron chi connectivity index (χ2n) is 5.60. The summed E-state index contributed by atoms with van der Waals surface area (Å²) in [5.74, 6) is -2.40. The molecule has 2 N–H and O–H groups in total. The average Bonchev–Trinajstić information content (AvgIpc) is 2.53. The van der Waals surface area contributed by atoms with Crippen LogP contribution in [0.4, 0.5) is 13.2 Å². The number of rotatable bonds is 5. The number of hydrogen-bond donors (Lipinski definition) is 2. The highest BCUT2D eigenvalue weighted by molar-refractivity contribution is 5.98. The van der Waals surface area contributed by atoms with Crippen LogP contribution in [0, 0.1) is 6.92 Å². The van der Waals surface area contributed by atoms with Gasteiger partial charge < -0.3 is 10.4 Å².